The van der Waals surface area contributed by atoms with E-state index in [4.69, 9.17) is 4.74 Å². The van der Waals surface area contributed by atoms with Crippen LogP contribution in [-0.2, 0) is 14.3 Å². The van der Waals surface area contributed by atoms with Gasteiger partial charge in [-0.2, -0.15) is 0 Å². The van der Waals surface area contributed by atoms with Crippen molar-refractivity contribution < 1.29 is 29.6 Å². The fraction of sp³-hybridized carbons (Fsp3) is 0.742. The van der Waals surface area contributed by atoms with E-state index >= 15 is 0 Å². The van der Waals surface area contributed by atoms with Gasteiger partial charge in [0.2, 0.25) is 0 Å². The molecule has 3 N–H and O–H groups in total. The lowest BCUT2D eigenvalue weighted by Gasteiger charge is -2.66. The predicted molar refractivity (Wildman–Crippen MR) is 143 cm³/mol. The van der Waals surface area contributed by atoms with Gasteiger partial charge in [-0.3, -0.25) is 4.79 Å². The third-order valence-corrected chi connectivity index (χ3v) is 11.0. The van der Waals surface area contributed by atoms with Crippen molar-refractivity contribution in [1.29, 1.82) is 0 Å². The van der Waals surface area contributed by atoms with Gasteiger partial charge < -0.3 is 20.1 Å². The Kier molecular flexibility index (Phi) is 7.35. The van der Waals surface area contributed by atoms with Crippen LogP contribution in [0.5, 0.6) is 0 Å². The fourth-order valence-corrected chi connectivity index (χ4v) is 8.95. The Morgan fingerprint density at radius 3 is 2.43 bits per heavy atom. The lowest BCUT2D eigenvalue weighted by molar-refractivity contribution is -0.159. The molecular formula is C31H46O6. The van der Waals surface area contributed by atoms with Crippen molar-refractivity contribution in [2.24, 2.45) is 34.0 Å². The summed E-state index contributed by atoms with van der Waals surface area (Å²) < 4.78 is 5.83. The first-order valence-electron chi connectivity index (χ1n) is 14.0. The normalized spacial score (nSPS) is 44.1. The Hall–Kier alpha value is -1.92. The quantitative estimate of drug-likeness (QED) is 0.251. The molecule has 4 aliphatic carbocycles. The molecule has 6 nitrogen and oxygen atoms in total. The summed E-state index contributed by atoms with van der Waals surface area (Å²) in [5, 5.41) is 32.9. The average molecular weight is 515 g/mol. The Morgan fingerprint density at radius 2 is 1.84 bits per heavy atom. The summed E-state index contributed by atoms with van der Waals surface area (Å²) in [6.45, 7) is 14.2. The maximum absolute atomic E-state index is 12.6. The predicted octanol–water partition coefficient (Wildman–Crippen LogP) is 5.59. The van der Waals surface area contributed by atoms with E-state index in [-0.39, 0.29) is 29.3 Å². The molecule has 3 saturated carbocycles. The molecule has 4 rings (SSSR count). The van der Waals surface area contributed by atoms with Gasteiger partial charge in [0.15, 0.2) is 0 Å². The molecule has 9 atom stereocenters. The second-order valence-electron chi connectivity index (χ2n) is 13.1. The zero-order valence-corrected chi connectivity index (χ0v) is 23.6. The summed E-state index contributed by atoms with van der Waals surface area (Å²) in [5.74, 6) is -1.19. The maximum Gasteiger partial charge on any atom is 0.331 e. The molecule has 37 heavy (non-hydrogen) atoms. The molecule has 0 aromatic heterocycles. The molecule has 0 spiro atoms. The molecule has 3 fully saturated rings. The minimum Gasteiger partial charge on any atom is -0.478 e. The van der Waals surface area contributed by atoms with Gasteiger partial charge in [0.25, 0.3) is 0 Å². The highest BCUT2D eigenvalue weighted by molar-refractivity contribution is 5.88. The molecule has 6 heteroatoms. The third-order valence-electron chi connectivity index (χ3n) is 11.0. The van der Waals surface area contributed by atoms with Crippen molar-refractivity contribution in [3.8, 4) is 0 Å². The van der Waals surface area contributed by atoms with E-state index in [1.165, 1.54) is 12.5 Å². The molecular weight excluding hydrogens is 468 g/mol. The second kappa shape index (κ2) is 9.68. The number of allylic oxidation sites excluding steroid dienone is 3. The standard InChI is InChI=1S/C31H46O6/c1-17(2)9-8-10-20(28(35)36)27-22-15-26(34)31(7)25(29(22,5)16-24(27)37-19(4)32)12-11-21-18(3)23(33)13-14-30(21,31)6/h9,12,18,21-24,26,33-34H,8,10-11,13-16H2,1-7H3,(H,35,36). The molecule has 0 amide bonds. The molecule has 9 unspecified atom stereocenters. The van der Waals surface area contributed by atoms with E-state index in [0.717, 1.165) is 24.8 Å². The number of carboxylic acids is 1. The number of ether oxygens (including phenoxy) is 1. The smallest absolute Gasteiger partial charge is 0.331 e. The third kappa shape index (κ3) is 4.23. The van der Waals surface area contributed by atoms with Crippen molar-refractivity contribution in [2.75, 3.05) is 0 Å². The number of hydrogen-bond acceptors (Lipinski definition) is 5. The van der Waals surface area contributed by atoms with Gasteiger partial charge >= 0.3 is 11.9 Å². The fourth-order valence-electron chi connectivity index (χ4n) is 8.95. The number of carbonyl (C=O) groups is 2. The van der Waals surface area contributed by atoms with Crippen LogP contribution in [0.4, 0.5) is 0 Å². The summed E-state index contributed by atoms with van der Waals surface area (Å²) >= 11 is 0. The van der Waals surface area contributed by atoms with Gasteiger partial charge in [0, 0.05) is 17.9 Å². The van der Waals surface area contributed by atoms with E-state index in [9.17, 15) is 24.9 Å². The van der Waals surface area contributed by atoms with Gasteiger partial charge in [-0.1, -0.05) is 51.0 Å². The number of hydrogen-bond donors (Lipinski definition) is 3. The van der Waals surface area contributed by atoms with Crippen LogP contribution in [0.1, 0.15) is 93.4 Å². The minimum atomic E-state index is -0.971. The first-order chi connectivity index (χ1) is 17.2. The lowest BCUT2D eigenvalue weighted by atomic mass is 9.39. The number of rotatable bonds is 5. The highest BCUT2D eigenvalue weighted by Crippen LogP contribution is 2.72. The first-order valence-corrected chi connectivity index (χ1v) is 14.0. The molecule has 4 aliphatic rings. The molecule has 0 aliphatic heterocycles. The zero-order chi connectivity index (χ0) is 27.5. The van der Waals surface area contributed by atoms with Crippen molar-refractivity contribution >= 4 is 11.9 Å². The second-order valence-corrected chi connectivity index (χ2v) is 13.1. The van der Waals surface area contributed by atoms with Crippen LogP contribution < -0.4 is 0 Å². The monoisotopic (exact) mass is 514 g/mol. The summed E-state index contributed by atoms with van der Waals surface area (Å²) in [4.78, 5) is 24.8. The van der Waals surface area contributed by atoms with Crippen LogP contribution in [0.25, 0.3) is 0 Å². The number of carbonyl (C=O) groups excluding carboxylic acids is 1. The van der Waals surface area contributed by atoms with Gasteiger partial charge in [0.1, 0.15) is 6.10 Å². The number of esters is 1. The van der Waals surface area contributed by atoms with E-state index < -0.39 is 35.0 Å². The van der Waals surface area contributed by atoms with Crippen LogP contribution in [-0.4, -0.2) is 45.6 Å². The summed E-state index contributed by atoms with van der Waals surface area (Å²) in [5.41, 5.74) is 2.22. The van der Waals surface area contributed by atoms with Crippen molar-refractivity contribution in [1.82, 2.24) is 0 Å². The summed E-state index contributed by atoms with van der Waals surface area (Å²) in [6.07, 6.45) is 7.05. The van der Waals surface area contributed by atoms with Crippen molar-refractivity contribution in [3.63, 3.8) is 0 Å². The van der Waals surface area contributed by atoms with Crippen LogP contribution in [0.15, 0.2) is 34.4 Å². The number of aliphatic hydroxyl groups excluding tert-OH is 2. The SMILES string of the molecule is CC(=O)OC1CC2(C)C3=CCC4C(C)C(O)CCC4(C)C3(C)C(O)CC2C1=C(CCC=C(C)C)C(=O)O. The summed E-state index contributed by atoms with van der Waals surface area (Å²) in [6, 6.07) is 0. The Morgan fingerprint density at radius 1 is 1.16 bits per heavy atom. The maximum atomic E-state index is 12.6. The Bertz CT molecular complexity index is 1050. The average Bonchev–Trinajstić information content (AvgIpc) is 3.06. The van der Waals surface area contributed by atoms with Crippen molar-refractivity contribution in [3.05, 3.63) is 34.4 Å². The topological polar surface area (TPSA) is 104 Å². The molecule has 206 valence electrons. The van der Waals surface area contributed by atoms with Crippen LogP contribution in [0.3, 0.4) is 0 Å². The summed E-state index contributed by atoms with van der Waals surface area (Å²) in [7, 11) is 0. The van der Waals surface area contributed by atoms with Gasteiger partial charge in [-0.05, 0) is 93.0 Å². The zero-order valence-electron chi connectivity index (χ0n) is 23.6. The molecule has 0 bridgehead atoms. The minimum absolute atomic E-state index is 0.146. The van der Waals surface area contributed by atoms with E-state index in [1.54, 1.807) is 0 Å². The molecule has 0 heterocycles. The van der Waals surface area contributed by atoms with Crippen LogP contribution in [0.2, 0.25) is 0 Å². The van der Waals surface area contributed by atoms with E-state index in [0.29, 0.717) is 36.8 Å². The van der Waals surface area contributed by atoms with Gasteiger partial charge in [0.05, 0.1) is 12.2 Å². The molecule has 0 radical (unpaired) electrons. The Balaban J connectivity index is 1.86. The van der Waals surface area contributed by atoms with E-state index in [1.807, 2.05) is 19.9 Å². The number of carboxylic acid groups (broad SMARTS) is 1. The number of fused-ring (bicyclic) bond motifs is 5. The molecule has 0 saturated heterocycles. The lowest BCUT2D eigenvalue weighted by Crippen LogP contribution is -2.63. The van der Waals surface area contributed by atoms with Crippen molar-refractivity contribution in [2.45, 2.75) is 112 Å². The highest BCUT2D eigenvalue weighted by atomic mass is 16.5. The Labute approximate surface area is 221 Å². The van der Waals surface area contributed by atoms with Gasteiger partial charge in [-0.15, -0.1) is 0 Å². The number of aliphatic carboxylic acids is 1. The highest BCUT2D eigenvalue weighted by Gasteiger charge is 2.68. The van der Waals surface area contributed by atoms with E-state index in [2.05, 4.69) is 33.8 Å². The first kappa shape index (κ1) is 28.1. The molecule has 0 aromatic carbocycles. The van der Waals surface area contributed by atoms with Crippen LogP contribution in [0, 0.1) is 34.0 Å². The number of aliphatic hydroxyl groups is 2. The van der Waals surface area contributed by atoms with Gasteiger partial charge in [-0.25, -0.2) is 4.79 Å². The largest absolute Gasteiger partial charge is 0.478 e. The molecule has 0 aromatic rings. The van der Waals surface area contributed by atoms with Crippen LogP contribution >= 0.6 is 0 Å².